The number of nitrogens with zero attached hydrogens (tertiary/aromatic N) is 3. The summed E-state index contributed by atoms with van der Waals surface area (Å²) < 4.78 is 5.17. The molecule has 0 aromatic carbocycles. The Morgan fingerprint density at radius 3 is 2.90 bits per heavy atom. The Morgan fingerprint density at radius 2 is 2.30 bits per heavy atom. The van der Waals surface area contributed by atoms with E-state index in [2.05, 4.69) is 15.3 Å². The van der Waals surface area contributed by atoms with Crippen molar-refractivity contribution in [2.24, 2.45) is 0 Å². The molecule has 20 heavy (non-hydrogen) atoms. The quantitative estimate of drug-likeness (QED) is 0.472. The van der Waals surface area contributed by atoms with Gasteiger partial charge in [0.05, 0.1) is 11.2 Å². The number of hydrogen-bond acceptors (Lipinski definition) is 7. The molecule has 0 aliphatic heterocycles. The second-order valence-corrected chi connectivity index (χ2v) is 4.14. The number of rotatable bonds is 6. The Hall–Kier alpha value is -2.64. The number of hydrogen-bond donors (Lipinski definition) is 2. The van der Waals surface area contributed by atoms with E-state index in [0.29, 0.717) is 6.54 Å². The van der Waals surface area contributed by atoms with E-state index in [1.165, 1.54) is 6.26 Å². The summed E-state index contributed by atoms with van der Waals surface area (Å²) in [5.41, 5.74) is 5.46. The highest BCUT2D eigenvalue weighted by molar-refractivity contribution is 5.75. The minimum absolute atomic E-state index is 0.0407. The maximum absolute atomic E-state index is 11.3. The molecule has 2 rings (SSSR count). The third-order valence-corrected chi connectivity index (χ3v) is 2.66. The topological polar surface area (TPSA) is 120 Å². The molecule has 0 radical (unpaired) electrons. The normalized spacial score (nSPS) is 10.4. The van der Waals surface area contributed by atoms with Gasteiger partial charge >= 0.3 is 5.69 Å². The average Bonchev–Trinajstić information content (AvgIpc) is 2.91. The van der Waals surface area contributed by atoms with Crippen LogP contribution in [0, 0.1) is 10.1 Å². The number of nitrogens with one attached hydrogen (secondary N) is 1. The highest BCUT2D eigenvalue weighted by Crippen LogP contribution is 2.34. The summed E-state index contributed by atoms with van der Waals surface area (Å²) in [7, 11) is 0. The molecule has 0 saturated heterocycles. The van der Waals surface area contributed by atoms with Crippen molar-refractivity contribution < 1.29 is 9.34 Å². The third kappa shape index (κ3) is 2.85. The number of nitrogen functional groups attached to an aromatic ring is 1. The minimum atomic E-state index is -0.536. The molecule has 0 fully saturated rings. The Balaban J connectivity index is 2.48. The largest absolute Gasteiger partial charge is 0.462 e. The van der Waals surface area contributed by atoms with Gasteiger partial charge in [0.2, 0.25) is 11.8 Å². The fourth-order valence-electron chi connectivity index (χ4n) is 1.74. The fourth-order valence-corrected chi connectivity index (χ4v) is 1.74. The summed E-state index contributed by atoms with van der Waals surface area (Å²) >= 11 is 0. The summed E-state index contributed by atoms with van der Waals surface area (Å²) in [5.74, 6) is 0.354. The monoisotopic (exact) mass is 277 g/mol. The van der Waals surface area contributed by atoms with Crippen LogP contribution in [-0.2, 0) is 0 Å². The zero-order valence-corrected chi connectivity index (χ0v) is 11.0. The molecule has 106 valence electrons. The van der Waals surface area contributed by atoms with E-state index in [9.17, 15) is 10.1 Å². The third-order valence-electron chi connectivity index (χ3n) is 2.66. The summed E-state index contributed by atoms with van der Waals surface area (Å²) in [6, 6.07) is 3.21. The lowest BCUT2D eigenvalue weighted by molar-refractivity contribution is -0.383. The fraction of sp³-hybridized carbons (Fsp3) is 0.333. The number of aromatic nitrogens is 2. The van der Waals surface area contributed by atoms with Crippen molar-refractivity contribution in [1.82, 2.24) is 9.97 Å². The Labute approximate surface area is 115 Å². The van der Waals surface area contributed by atoms with Gasteiger partial charge in [-0.1, -0.05) is 13.3 Å². The number of nitrogens with two attached hydrogens (primary N) is 1. The first-order valence-corrected chi connectivity index (χ1v) is 6.23. The Kier molecular flexibility index (Phi) is 4.14. The van der Waals surface area contributed by atoms with Gasteiger partial charge in [0.1, 0.15) is 0 Å². The van der Waals surface area contributed by atoms with Gasteiger partial charge < -0.3 is 15.5 Å². The molecule has 0 spiro atoms. The summed E-state index contributed by atoms with van der Waals surface area (Å²) in [6.45, 7) is 2.60. The average molecular weight is 277 g/mol. The van der Waals surface area contributed by atoms with Crippen LogP contribution in [0.1, 0.15) is 19.8 Å². The molecule has 8 heteroatoms. The Bertz CT molecular complexity index is 597. The van der Waals surface area contributed by atoms with E-state index in [0.717, 1.165) is 12.8 Å². The molecular formula is C12H15N5O3. The van der Waals surface area contributed by atoms with Crippen molar-refractivity contribution in [3.8, 4) is 11.5 Å². The molecule has 8 nitrogen and oxygen atoms in total. The summed E-state index contributed by atoms with van der Waals surface area (Å²) in [5, 5.41) is 14.2. The van der Waals surface area contributed by atoms with Gasteiger partial charge in [-0.15, -0.1) is 0 Å². The molecule has 0 aliphatic rings. The van der Waals surface area contributed by atoms with Crippen molar-refractivity contribution in [2.45, 2.75) is 19.8 Å². The van der Waals surface area contributed by atoms with Crippen LogP contribution in [0.15, 0.2) is 22.8 Å². The lowest BCUT2D eigenvalue weighted by Gasteiger charge is -2.08. The van der Waals surface area contributed by atoms with Crippen LogP contribution in [0.25, 0.3) is 11.5 Å². The number of furan rings is 1. The standard InChI is InChI=1S/C12H15N5O3/c1-2-3-6-14-11-10(17(18)19)9(15-12(13)16-11)8-5-4-7-20-8/h4-5,7H,2-3,6H2,1H3,(H3,13,14,15,16). The lowest BCUT2D eigenvalue weighted by atomic mass is 10.2. The van der Waals surface area contributed by atoms with E-state index in [1.807, 2.05) is 6.92 Å². The molecule has 0 atom stereocenters. The van der Waals surface area contributed by atoms with Crippen molar-refractivity contribution in [3.05, 3.63) is 28.5 Å². The smallest absolute Gasteiger partial charge is 0.340 e. The molecule has 0 unspecified atom stereocenters. The lowest BCUT2D eigenvalue weighted by Crippen LogP contribution is -2.10. The van der Waals surface area contributed by atoms with Gasteiger partial charge in [-0.25, -0.2) is 4.98 Å². The van der Waals surface area contributed by atoms with E-state index >= 15 is 0 Å². The van der Waals surface area contributed by atoms with Gasteiger partial charge in [-0.2, -0.15) is 4.98 Å². The van der Waals surface area contributed by atoms with Crippen LogP contribution in [-0.4, -0.2) is 21.4 Å². The highest BCUT2D eigenvalue weighted by atomic mass is 16.6. The van der Waals surface area contributed by atoms with Crippen molar-refractivity contribution in [1.29, 1.82) is 0 Å². The van der Waals surface area contributed by atoms with E-state index in [4.69, 9.17) is 10.2 Å². The predicted molar refractivity (Wildman–Crippen MR) is 74.2 cm³/mol. The zero-order chi connectivity index (χ0) is 14.5. The van der Waals surface area contributed by atoms with Crippen LogP contribution < -0.4 is 11.1 Å². The highest BCUT2D eigenvalue weighted by Gasteiger charge is 2.26. The van der Waals surface area contributed by atoms with Crippen molar-refractivity contribution in [2.75, 3.05) is 17.6 Å². The van der Waals surface area contributed by atoms with Crippen LogP contribution in [0.5, 0.6) is 0 Å². The van der Waals surface area contributed by atoms with E-state index < -0.39 is 4.92 Å². The Morgan fingerprint density at radius 1 is 1.50 bits per heavy atom. The maximum Gasteiger partial charge on any atom is 0.340 e. The summed E-state index contributed by atoms with van der Waals surface area (Å²) in [4.78, 5) is 18.6. The minimum Gasteiger partial charge on any atom is -0.462 e. The molecule has 3 N–H and O–H groups in total. The molecule has 0 amide bonds. The molecule has 0 aliphatic carbocycles. The van der Waals surface area contributed by atoms with Gasteiger partial charge in [-0.05, 0) is 18.6 Å². The van der Waals surface area contributed by atoms with Crippen LogP contribution in [0.2, 0.25) is 0 Å². The number of anilines is 2. The SMILES string of the molecule is CCCCNc1nc(N)nc(-c2ccco2)c1[N+](=O)[O-]. The predicted octanol–water partition coefficient (Wildman–Crippen LogP) is 2.44. The molecular weight excluding hydrogens is 262 g/mol. The molecule has 2 aromatic heterocycles. The molecule has 0 bridgehead atoms. The first kappa shape index (κ1) is 13.8. The van der Waals surface area contributed by atoms with Gasteiger partial charge in [0, 0.05) is 6.54 Å². The van der Waals surface area contributed by atoms with Gasteiger partial charge in [0.25, 0.3) is 0 Å². The first-order valence-electron chi connectivity index (χ1n) is 6.23. The second-order valence-electron chi connectivity index (χ2n) is 4.14. The first-order chi connectivity index (χ1) is 9.63. The van der Waals surface area contributed by atoms with E-state index in [1.54, 1.807) is 12.1 Å². The van der Waals surface area contributed by atoms with Crippen molar-refractivity contribution in [3.63, 3.8) is 0 Å². The maximum atomic E-state index is 11.3. The number of nitro groups is 1. The van der Waals surface area contributed by atoms with Crippen molar-refractivity contribution >= 4 is 17.5 Å². The summed E-state index contributed by atoms with van der Waals surface area (Å²) in [6.07, 6.45) is 3.26. The second kappa shape index (κ2) is 6.00. The van der Waals surface area contributed by atoms with Gasteiger partial charge in [-0.3, -0.25) is 10.1 Å². The zero-order valence-electron chi connectivity index (χ0n) is 11.0. The van der Waals surface area contributed by atoms with Crippen LogP contribution >= 0.6 is 0 Å². The van der Waals surface area contributed by atoms with Crippen LogP contribution in [0.4, 0.5) is 17.5 Å². The molecule has 2 aromatic rings. The van der Waals surface area contributed by atoms with Crippen LogP contribution in [0.3, 0.4) is 0 Å². The molecule has 0 saturated carbocycles. The molecule has 2 heterocycles. The van der Waals surface area contributed by atoms with Gasteiger partial charge in [0.15, 0.2) is 11.5 Å². The van der Waals surface area contributed by atoms with E-state index in [-0.39, 0.29) is 28.9 Å². The number of unbranched alkanes of at least 4 members (excludes halogenated alkanes) is 1.